The maximum absolute atomic E-state index is 12.2. The fraction of sp³-hybridized carbons (Fsp3) is 0.0588. The number of nitrogens with zero attached hydrogens (tertiary/aromatic N) is 2. The summed E-state index contributed by atoms with van der Waals surface area (Å²) in [5.41, 5.74) is 1.16. The molecule has 0 aliphatic carbocycles. The van der Waals surface area contributed by atoms with E-state index in [-0.39, 0.29) is 23.6 Å². The Balaban J connectivity index is 1.77. The Hall–Kier alpha value is -3.48. The SMILES string of the molecule is O=C(NC1=CN(c2ccccc2)C(=O)C1)c1cccc([N+](=O)[O-])c1. The number of nitrogens with one attached hydrogen (secondary N) is 1. The van der Waals surface area contributed by atoms with Crippen molar-refractivity contribution in [1.82, 2.24) is 5.32 Å². The molecule has 120 valence electrons. The highest BCUT2D eigenvalue weighted by molar-refractivity contribution is 6.02. The topological polar surface area (TPSA) is 92.6 Å². The van der Waals surface area contributed by atoms with Crippen molar-refractivity contribution in [1.29, 1.82) is 0 Å². The van der Waals surface area contributed by atoms with Crippen LogP contribution in [0.3, 0.4) is 0 Å². The van der Waals surface area contributed by atoms with E-state index in [2.05, 4.69) is 5.32 Å². The molecule has 0 aromatic heterocycles. The summed E-state index contributed by atoms with van der Waals surface area (Å²) >= 11 is 0. The monoisotopic (exact) mass is 323 g/mol. The number of carbonyl (C=O) groups excluding carboxylic acids is 2. The molecule has 3 rings (SSSR count). The van der Waals surface area contributed by atoms with E-state index in [1.807, 2.05) is 18.2 Å². The predicted molar refractivity (Wildman–Crippen MR) is 87.2 cm³/mol. The van der Waals surface area contributed by atoms with E-state index in [0.29, 0.717) is 11.4 Å². The van der Waals surface area contributed by atoms with Crippen LogP contribution in [0.25, 0.3) is 0 Å². The van der Waals surface area contributed by atoms with Gasteiger partial charge in [-0.15, -0.1) is 0 Å². The van der Waals surface area contributed by atoms with Crippen LogP contribution in [0.15, 0.2) is 66.5 Å². The second-order valence-electron chi connectivity index (χ2n) is 5.19. The van der Waals surface area contributed by atoms with E-state index in [9.17, 15) is 19.7 Å². The molecule has 2 aromatic carbocycles. The zero-order valence-corrected chi connectivity index (χ0v) is 12.5. The largest absolute Gasteiger partial charge is 0.324 e. The highest BCUT2D eigenvalue weighted by Crippen LogP contribution is 2.23. The first-order chi connectivity index (χ1) is 11.5. The summed E-state index contributed by atoms with van der Waals surface area (Å²) in [6.45, 7) is 0. The highest BCUT2D eigenvalue weighted by Gasteiger charge is 2.24. The maximum atomic E-state index is 12.2. The highest BCUT2D eigenvalue weighted by atomic mass is 16.6. The van der Waals surface area contributed by atoms with Gasteiger partial charge in [0, 0.05) is 35.3 Å². The van der Waals surface area contributed by atoms with Crippen LogP contribution in [0.2, 0.25) is 0 Å². The van der Waals surface area contributed by atoms with Gasteiger partial charge in [0.05, 0.1) is 11.3 Å². The van der Waals surface area contributed by atoms with E-state index in [0.717, 1.165) is 0 Å². The van der Waals surface area contributed by atoms with Crippen molar-refractivity contribution >= 4 is 23.2 Å². The minimum atomic E-state index is -0.563. The van der Waals surface area contributed by atoms with Gasteiger partial charge in [-0.25, -0.2) is 0 Å². The molecule has 0 spiro atoms. The van der Waals surface area contributed by atoms with E-state index >= 15 is 0 Å². The molecular weight excluding hydrogens is 310 g/mol. The van der Waals surface area contributed by atoms with E-state index < -0.39 is 10.8 Å². The summed E-state index contributed by atoms with van der Waals surface area (Å²) in [6, 6.07) is 14.5. The number of hydrogen-bond donors (Lipinski definition) is 1. The van der Waals surface area contributed by atoms with E-state index in [4.69, 9.17) is 0 Å². The predicted octanol–water partition coefficient (Wildman–Crippen LogP) is 2.60. The number of anilines is 1. The fourth-order valence-corrected chi connectivity index (χ4v) is 2.38. The number of hydrogen-bond acceptors (Lipinski definition) is 4. The average Bonchev–Trinajstić information content (AvgIpc) is 2.96. The molecule has 2 aromatic rings. The zero-order valence-electron chi connectivity index (χ0n) is 12.5. The molecule has 1 N–H and O–H groups in total. The van der Waals surface area contributed by atoms with Gasteiger partial charge in [-0.05, 0) is 18.2 Å². The third kappa shape index (κ3) is 3.14. The lowest BCUT2D eigenvalue weighted by Crippen LogP contribution is -2.22. The summed E-state index contributed by atoms with van der Waals surface area (Å²) in [5, 5.41) is 13.4. The van der Waals surface area contributed by atoms with Gasteiger partial charge in [-0.1, -0.05) is 24.3 Å². The van der Waals surface area contributed by atoms with Gasteiger partial charge in [0.1, 0.15) is 0 Å². The Morgan fingerprint density at radius 3 is 2.58 bits per heavy atom. The van der Waals surface area contributed by atoms with Gasteiger partial charge in [0.25, 0.3) is 11.6 Å². The van der Waals surface area contributed by atoms with Crippen molar-refractivity contribution in [2.75, 3.05) is 4.90 Å². The molecule has 0 bridgehead atoms. The van der Waals surface area contributed by atoms with Crippen molar-refractivity contribution in [2.24, 2.45) is 0 Å². The van der Waals surface area contributed by atoms with Crippen LogP contribution in [-0.4, -0.2) is 16.7 Å². The molecule has 0 atom stereocenters. The molecule has 1 heterocycles. The van der Waals surface area contributed by atoms with E-state index in [1.165, 1.54) is 29.2 Å². The average molecular weight is 323 g/mol. The van der Waals surface area contributed by atoms with Crippen molar-refractivity contribution in [3.05, 3.63) is 82.2 Å². The number of nitro groups is 1. The molecule has 7 heteroatoms. The first-order valence-corrected chi connectivity index (χ1v) is 7.18. The number of nitro benzene ring substituents is 1. The molecule has 1 aliphatic rings. The summed E-state index contributed by atoms with van der Waals surface area (Å²) in [5.74, 6) is -0.650. The van der Waals surface area contributed by atoms with Crippen LogP contribution in [0, 0.1) is 10.1 Å². The van der Waals surface area contributed by atoms with Crippen LogP contribution < -0.4 is 10.2 Å². The van der Waals surface area contributed by atoms with Crippen molar-refractivity contribution < 1.29 is 14.5 Å². The first-order valence-electron chi connectivity index (χ1n) is 7.18. The number of rotatable bonds is 4. The molecule has 2 amide bonds. The van der Waals surface area contributed by atoms with Crippen LogP contribution in [0.4, 0.5) is 11.4 Å². The zero-order chi connectivity index (χ0) is 17.1. The lowest BCUT2D eigenvalue weighted by atomic mass is 10.2. The summed E-state index contributed by atoms with van der Waals surface area (Å²) in [6.07, 6.45) is 1.63. The summed E-state index contributed by atoms with van der Waals surface area (Å²) < 4.78 is 0. The van der Waals surface area contributed by atoms with Gasteiger partial charge in [0.2, 0.25) is 5.91 Å². The second kappa shape index (κ2) is 6.33. The van der Waals surface area contributed by atoms with Gasteiger partial charge >= 0.3 is 0 Å². The van der Waals surface area contributed by atoms with Crippen LogP contribution >= 0.6 is 0 Å². The standard InChI is InChI=1S/C17H13N3O4/c21-16-10-13(11-19(16)14-6-2-1-3-7-14)18-17(22)12-5-4-8-15(9-12)20(23)24/h1-9,11H,10H2,(H,18,22). The molecule has 7 nitrogen and oxygen atoms in total. The lowest BCUT2D eigenvalue weighted by Gasteiger charge is -2.12. The third-order valence-electron chi connectivity index (χ3n) is 3.52. The molecule has 0 saturated heterocycles. The van der Waals surface area contributed by atoms with Crippen LogP contribution in [0.5, 0.6) is 0 Å². The minimum Gasteiger partial charge on any atom is -0.324 e. The number of para-hydroxylation sites is 1. The third-order valence-corrected chi connectivity index (χ3v) is 3.52. The second-order valence-corrected chi connectivity index (χ2v) is 5.19. The van der Waals surface area contributed by atoms with Crippen LogP contribution in [-0.2, 0) is 4.79 Å². The Morgan fingerprint density at radius 2 is 1.88 bits per heavy atom. The Kier molecular flexibility index (Phi) is 4.07. The summed E-state index contributed by atoms with van der Waals surface area (Å²) in [4.78, 5) is 36.0. The van der Waals surface area contributed by atoms with Gasteiger partial charge in [0.15, 0.2) is 0 Å². The molecule has 0 unspecified atom stereocenters. The fourth-order valence-electron chi connectivity index (χ4n) is 2.38. The number of carbonyl (C=O) groups is 2. The molecule has 0 saturated carbocycles. The first kappa shape index (κ1) is 15.4. The van der Waals surface area contributed by atoms with Crippen molar-refractivity contribution in [2.45, 2.75) is 6.42 Å². The van der Waals surface area contributed by atoms with Gasteiger partial charge in [-0.2, -0.15) is 0 Å². The van der Waals surface area contributed by atoms with Crippen molar-refractivity contribution in [3.8, 4) is 0 Å². The Bertz CT molecular complexity index is 846. The molecule has 1 aliphatic heterocycles. The van der Waals surface area contributed by atoms with Crippen molar-refractivity contribution in [3.63, 3.8) is 0 Å². The smallest absolute Gasteiger partial charge is 0.270 e. The van der Waals surface area contributed by atoms with Crippen LogP contribution in [0.1, 0.15) is 16.8 Å². The molecule has 0 fully saturated rings. The lowest BCUT2D eigenvalue weighted by molar-refractivity contribution is -0.384. The normalized spacial score (nSPS) is 13.6. The van der Waals surface area contributed by atoms with Gasteiger partial charge < -0.3 is 5.32 Å². The Morgan fingerprint density at radius 1 is 1.12 bits per heavy atom. The maximum Gasteiger partial charge on any atom is 0.270 e. The Labute approximate surface area is 137 Å². The number of non-ortho nitro benzene ring substituents is 1. The molecular formula is C17H13N3O4. The van der Waals surface area contributed by atoms with E-state index in [1.54, 1.807) is 18.3 Å². The minimum absolute atomic E-state index is 0.0650. The molecule has 0 radical (unpaired) electrons. The summed E-state index contributed by atoms with van der Waals surface area (Å²) in [7, 11) is 0. The quantitative estimate of drug-likeness (QED) is 0.691. The molecule has 24 heavy (non-hydrogen) atoms. The number of amides is 2. The van der Waals surface area contributed by atoms with Gasteiger partial charge in [-0.3, -0.25) is 24.6 Å². The number of benzene rings is 2.